The number of hydrogen-bond acceptors (Lipinski definition) is 3. The van der Waals surface area contributed by atoms with Gasteiger partial charge < -0.3 is 9.64 Å². The first-order valence-corrected chi connectivity index (χ1v) is 9.61. The molecule has 0 fully saturated rings. The smallest absolute Gasteiger partial charge is 0.131 e. The second kappa shape index (κ2) is 8.05. The number of aryl methyl sites for hydroxylation is 2. The van der Waals surface area contributed by atoms with Crippen molar-refractivity contribution in [1.82, 2.24) is 4.90 Å². The maximum Gasteiger partial charge on any atom is 0.131 e. The fourth-order valence-electron chi connectivity index (χ4n) is 3.45. The van der Waals surface area contributed by atoms with Gasteiger partial charge in [-0.25, -0.2) is 0 Å². The molecule has 132 valence electrons. The highest BCUT2D eigenvalue weighted by Gasteiger charge is 2.25. The lowest BCUT2D eigenvalue weighted by Crippen LogP contribution is -2.33. The molecule has 0 N–H and O–H groups in total. The third kappa shape index (κ3) is 3.90. The fraction of sp³-hybridized carbons (Fsp3) is 0.381. The van der Waals surface area contributed by atoms with Crippen molar-refractivity contribution in [3.05, 3.63) is 63.6 Å². The minimum absolute atomic E-state index is 0.522. The summed E-state index contributed by atoms with van der Waals surface area (Å²) in [5.74, 6) is 2.07. The molecule has 1 aliphatic heterocycles. The van der Waals surface area contributed by atoms with E-state index in [2.05, 4.69) is 65.1 Å². The van der Waals surface area contributed by atoms with Crippen molar-refractivity contribution < 1.29 is 4.74 Å². The van der Waals surface area contributed by atoms with Crippen LogP contribution in [-0.2, 0) is 12.8 Å². The third-order valence-electron chi connectivity index (χ3n) is 4.97. The van der Waals surface area contributed by atoms with E-state index >= 15 is 0 Å². The number of benzene rings is 2. The van der Waals surface area contributed by atoms with Gasteiger partial charge in [0.15, 0.2) is 0 Å². The van der Waals surface area contributed by atoms with E-state index in [0.717, 1.165) is 41.9 Å². The molecular weight excluding hydrogens is 376 g/mol. The number of nitrogens with zero attached hydrogens (tertiary/aromatic N) is 2. The quantitative estimate of drug-likeness (QED) is 0.700. The molecule has 1 unspecified atom stereocenters. The van der Waals surface area contributed by atoms with Crippen LogP contribution in [0.5, 0.6) is 5.75 Å². The minimum atomic E-state index is 0.522. The van der Waals surface area contributed by atoms with Crippen molar-refractivity contribution in [2.45, 2.75) is 32.2 Å². The van der Waals surface area contributed by atoms with Gasteiger partial charge in [0.25, 0.3) is 0 Å². The second-order valence-corrected chi connectivity index (χ2v) is 7.37. The Morgan fingerprint density at radius 3 is 2.64 bits per heavy atom. The van der Waals surface area contributed by atoms with Crippen LogP contribution in [-0.4, -0.2) is 37.5 Å². The van der Waals surface area contributed by atoms with Gasteiger partial charge >= 0.3 is 0 Å². The Bertz CT molecular complexity index is 772. The SMILES string of the molecule is CCC1CN=C(c2ccccc2CCc2cc(Br)ccc2OC)N1C. The van der Waals surface area contributed by atoms with Gasteiger partial charge in [0.2, 0.25) is 0 Å². The molecule has 0 radical (unpaired) electrons. The lowest BCUT2D eigenvalue weighted by Gasteiger charge is -2.23. The van der Waals surface area contributed by atoms with E-state index in [4.69, 9.17) is 9.73 Å². The Kier molecular flexibility index (Phi) is 5.79. The number of likely N-dealkylation sites (N-methyl/N-ethyl adjacent to an activating group) is 1. The van der Waals surface area contributed by atoms with Crippen LogP contribution in [0.1, 0.15) is 30.0 Å². The van der Waals surface area contributed by atoms with Crippen molar-refractivity contribution >= 4 is 21.8 Å². The summed E-state index contributed by atoms with van der Waals surface area (Å²) in [4.78, 5) is 7.14. The molecule has 0 saturated carbocycles. The Morgan fingerprint density at radius 2 is 1.92 bits per heavy atom. The van der Waals surface area contributed by atoms with Crippen LogP contribution in [0, 0.1) is 0 Å². The van der Waals surface area contributed by atoms with Crippen molar-refractivity contribution in [2.75, 3.05) is 20.7 Å². The molecule has 0 amide bonds. The van der Waals surface area contributed by atoms with E-state index in [-0.39, 0.29) is 0 Å². The van der Waals surface area contributed by atoms with E-state index in [1.807, 2.05) is 12.1 Å². The number of hydrogen-bond donors (Lipinski definition) is 0. The van der Waals surface area contributed by atoms with Gasteiger partial charge in [-0.3, -0.25) is 4.99 Å². The molecule has 4 heteroatoms. The highest BCUT2D eigenvalue weighted by atomic mass is 79.9. The van der Waals surface area contributed by atoms with Gasteiger partial charge in [-0.2, -0.15) is 0 Å². The molecule has 0 spiro atoms. The topological polar surface area (TPSA) is 24.8 Å². The van der Waals surface area contributed by atoms with Crippen molar-refractivity contribution in [3.8, 4) is 5.75 Å². The Labute approximate surface area is 158 Å². The summed E-state index contributed by atoms with van der Waals surface area (Å²) < 4.78 is 6.60. The lowest BCUT2D eigenvalue weighted by molar-refractivity contribution is 0.394. The number of ether oxygens (including phenoxy) is 1. The van der Waals surface area contributed by atoms with Crippen molar-refractivity contribution in [1.29, 1.82) is 0 Å². The summed E-state index contributed by atoms with van der Waals surface area (Å²) in [6.07, 6.45) is 3.03. The molecule has 25 heavy (non-hydrogen) atoms. The molecule has 1 heterocycles. The molecule has 1 atom stereocenters. The predicted molar refractivity (Wildman–Crippen MR) is 108 cm³/mol. The highest BCUT2D eigenvalue weighted by molar-refractivity contribution is 9.10. The second-order valence-electron chi connectivity index (χ2n) is 6.45. The normalized spacial score (nSPS) is 16.9. The molecule has 0 saturated heterocycles. The lowest BCUT2D eigenvalue weighted by atomic mass is 9.98. The monoisotopic (exact) mass is 400 g/mol. The number of methoxy groups -OCH3 is 1. The first-order chi connectivity index (χ1) is 12.1. The molecule has 0 bridgehead atoms. The van der Waals surface area contributed by atoms with Crippen LogP contribution in [0.4, 0.5) is 0 Å². The predicted octanol–water partition coefficient (Wildman–Crippen LogP) is 4.71. The average molecular weight is 401 g/mol. The maximum absolute atomic E-state index is 5.51. The molecule has 1 aliphatic rings. The number of aliphatic imine (C=N–C) groups is 1. The third-order valence-corrected chi connectivity index (χ3v) is 5.46. The highest BCUT2D eigenvalue weighted by Crippen LogP contribution is 2.26. The molecule has 2 aromatic carbocycles. The van der Waals surface area contributed by atoms with Crippen LogP contribution in [0.3, 0.4) is 0 Å². The summed E-state index contributed by atoms with van der Waals surface area (Å²) in [6, 6.07) is 15.3. The van der Waals surface area contributed by atoms with Gasteiger partial charge in [-0.05, 0) is 48.6 Å². The summed E-state index contributed by atoms with van der Waals surface area (Å²) in [7, 11) is 3.89. The summed E-state index contributed by atoms with van der Waals surface area (Å²) in [6.45, 7) is 3.13. The zero-order valence-electron chi connectivity index (χ0n) is 15.1. The van der Waals surface area contributed by atoms with Crippen LogP contribution < -0.4 is 4.74 Å². The molecule has 0 aliphatic carbocycles. The zero-order valence-corrected chi connectivity index (χ0v) is 16.7. The largest absolute Gasteiger partial charge is 0.496 e. The fourth-order valence-corrected chi connectivity index (χ4v) is 3.85. The average Bonchev–Trinajstić information content (AvgIpc) is 3.00. The van der Waals surface area contributed by atoms with E-state index < -0.39 is 0 Å². The van der Waals surface area contributed by atoms with E-state index in [1.165, 1.54) is 16.7 Å². The zero-order chi connectivity index (χ0) is 17.8. The van der Waals surface area contributed by atoms with Gasteiger partial charge in [0, 0.05) is 23.1 Å². The minimum Gasteiger partial charge on any atom is -0.496 e. The van der Waals surface area contributed by atoms with Gasteiger partial charge in [-0.1, -0.05) is 47.1 Å². The van der Waals surface area contributed by atoms with Crippen LogP contribution in [0.25, 0.3) is 0 Å². The van der Waals surface area contributed by atoms with Crippen molar-refractivity contribution in [2.24, 2.45) is 4.99 Å². The van der Waals surface area contributed by atoms with Gasteiger partial charge in [0.05, 0.1) is 13.7 Å². The number of halogens is 1. The standard InChI is InChI=1S/C21H25BrN2O/c1-4-18-14-23-21(24(18)2)19-8-6-5-7-15(19)9-10-16-13-17(22)11-12-20(16)25-3/h5-8,11-13,18H,4,9-10,14H2,1-3H3. The molecular formula is C21H25BrN2O. The Hall–Kier alpha value is -1.81. The molecule has 2 aromatic rings. The Balaban J connectivity index is 1.82. The van der Waals surface area contributed by atoms with Gasteiger partial charge in [-0.15, -0.1) is 0 Å². The van der Waals surface area contributed by atoms with E-state index in [9.17, 15) is 0 Å². The van der Waals surface area contributed by atoms with Gasteiger partial charge in [0.1, 0.15) is 11.6 Å². The molecule has 0 aromatic heterocycles. The van der Waals surface area contributed by atoms with Crippen LogP contribution in [0.2, 0.25) is 0 Å². The number of amidine groups is 1. The summed E-state index contributed by atoms with van der Waals surface area (Å²) >= 11 is 3.56. The number of rotatable bonds is 6. The van der Waals surface area contributed by atoms with Crippen LogP contribution in [0.15, 0.2) is 51.9 Å². The van der Waals surface area contributed by atoms with Crippen LogP contribution >= 0.6 is 15.9 Å². The first kappa shape index (κ1) is 18.0. The first-order valence-electron chi connectivity index (χ1n) is 8.82. The Morgan fingerprint density at radius 1 is 1.16 bits per heavy atom. The van der Waals surface area contributed by atoms with E-state index in [0.29, 0.717) is 6.04 Å². The molecule has 3 rings (SSSR count). The van der Waals surface area contributed by atoms with Crippen molar-refractivity contribution in [3.63, 3.8) is 0 Å². The summed E-state index contributed by atoms with van der Waals surface area (Å²) in [5.41, 5.74) is 3.82. The summed E-state index contributed by atoms with van der Waals surface area (Å²) in [5, 5.41) is 0. The van der Waals surface area contributed by atoms with E-state index in [1.54, 1.807) is 7.11 Å². The molecule has 3 nitrogen and oxygen atoms in total. The maximum atomic E-state index is 5.51.